The van der Waals surface area contributed by atoms with Gasteiger partial charge in [-0.25, -0.2) is 4.98 Å². The minimum atomic E-state index is -0.255. The highest BCUT2D eigenvalue weighted by molar-refractivity contribution is 7.16. The van der Waals surface area contributed by atoms with Crippen LogP contribution in [0.4, 0.5) is 5.69 Å². The van der Waals surface area contributed by atoms with Crippen LogP contribution in [0.1, 0.15) is 21.8 Å². The lowest BCUT2D eigenvalue weighted by Gasteiger charge is -2.10. The Labute approximate surface area is 188 Å². The molecule has 9 heteroatoms. The predicted molar refractivity (Wildman–Crippen MR) is 123 cm³/mol. The zero-order valence-corrected chi connectivity index (χ0v) is 18.7. The monoisotopic (exact) mass is 450 g/mol. The molecule has 0 fully saturated rings. The zero-order valence-electron chi connectivity index (χ0n) is 17.9. The summed E-state index contributed by atoms with van der Waals surface area (Å²) in [5.41, 5.74) is 3.20. The second-order valence-corrected chi connectivity index (χ2v) is 8.46. The third kappa shape index (κ3) is 5.12. The van der Waals surface area contributed by atoms with E-state index >= 15 is 0 Å². The number of rotatable bonds is 7. The molecule has 0 saturated carbocycles. The molecule has 2 aromatic heterocycles. The molecule has 32 heavy (non-hydrogen) atoms. The quantitative estimate of drug-likeness (QED) is 0.462. The van der Waals surface area contributed by atoms with E-state index in [1.54, 1.807) is 24.3 Å². The summed E-state index contributed by atoms with van der Waals surface area (Å²) < 4.78 is 12.6. The van der Waals surface area contributed by atoms with E-state index in [1.807, 2.05) is 39.0 Å². The Morgan fingerprint density at radius 2 is 1.75 bits per heavy atom. The number of carbonyl (C=O) groups excluding carboxylic acids is 1. The SMILES string of the molecule is Cc1nn2c(=O)cc(COc3ccc(NC(=O)COc4ccc(C)c(C)c4)cc3)nc2s1. The van der Waals surface area contributed by atoms with E-state index in [1.165, 1.54) is 27.5 Å². The van der Waals surface area contributed by atoms with Crippen LogP contribution in [0.2, 0.25) is 0 Å². The fourth-order valence-corrected chi connectivity index (χ4v) is 3.73. The largest absolute Gasteiger partial charge is 0.487 e. The number of nitrogens with one attached hydrogen (secondary N) is 1. The van der Waals surface area contributed by atoms with Gasteiger partial charge in [-0.15, -0.1) is 0 Å². The van der Waals surface area contributed by atoms with Crippen LogP contribution < -0.4 is 20.3 Å². The molecule has 0 aliphatic heterocycles. The molecule has 0 unspecified atom stereocenters. The van der Waals surface area contributed by atoms with Crippen molar-refractivity contribution >= 4 is 27.9 Å². The van der Waals surface area contributed by atoms with Crippen molar-refractivity contribution in [2.45, 2.75) is 27.4 Å². The summed E-state index contributed by atoms with van der Waals surface area (Å²) in [6.45, 7) is 5.92. The lowest BCUT2D eigenvalue weighted by Crippen LogP contribution is -2.20. The number of anilines is 1. The van der Waals surface area contributed by atoms with E-state index in [0.717, 1.165) is 10.6 Å². The molecule has 2 heterocycles. The highest BCUT2D eigenvalue weighted by atomic mass is 32.1. The predicted octanol–water partition coefficient (Wildman–Crippen LogP) is 3.67. The van der Waals surface area contributed by atoms with E-state index in [-0.39, 0.29) is 24.7 Å². The van der Waals surface area contributed by atoms with E-state index in [9.17, 15) is 9.59 Å². The van der Waals surface area contributed by atoms with Gasteiger partial charge in [0, 0.05) is 11.8 Å². The van der Waals surface area contributed by atoms with Crippen molar-refractivity contribution < 1.29 is 14.3 Å². The number of fused-ring (bicyclic) bond motifs is 1. The summed E-state index contributed by atoms with van der Waals surface area (Å²) in [5, 5.41) is 7.67. The third-order valence-electron chi connectivity index (χ3n) is 4.77. The first kappa shape index (κ1) is 21.5. The highest BCUT2D eigenvalue weighted by Gasteiger charge is 2.08. The maximum atomic E-state index is 12.2. The molecule has 2 aromatic carbocycles. The van der Waals surface area contributed by atoms with E-state index < -0.39 is 0 Å². The van der Waals surface area contributed by atoms with E-state index in [4.69, 9.17) is 9.47 Å². The zero-order chi connectivity index (χ0) is 22.7. The lowest BCUT2D eigenvalue weighted by atomic mass is 10.1. The summed E-state index contributed by atoms with van der Waals surface area (Å²) >= 11 is 1.35. The molecule has 0 spiro atoms. The van der Waals surface area contributed by atoms with E-state index in [2.05, 4.69) is 15.4 Å². The van der Waals surface area contributed by atoms with Crippen LogP contribution in [0, 0.1) is 20.8 Å². The van der Waals surface area contributed by atoms with Crippen molar-refractivity contribution in [3.63, 3.8) is 0 Å². The Morgan fingerprint density at radius 1 is 1.00 bits per heavy atom. The molecule has 8 nitrogen and oxygen atoms in total. The summed E-state index contributed by atoms with van der Waals surface area (Å²) in [7, 11) is 0. The maximum Gasteiger partial charge on any atom is 0.275 e. The average Bonchev–Trinajstić information content (AvgIpc) is 3.15. The number of aryl methyl sites for hydroxylation is 3. The van der Waals surface area contributed by atoms with E-state index in [0.29, 0.717) is 27.8 Å². The minimum absolute atomic E-state index is 0.0819. The second kappa shape index (κ2) is 9.19. The van der Waals surface area contributed by atoms with Crippen LogP contribution in [0.3, 0.4) is 0 Å². The molecular weight excluding hydrogens is 428 g/mol. The molecule has 164 valence electrons. The number of benzene rings is 2. The topological polar surface area (TPSA) is 94.8 Å². The minimum Gasteiger partial charge on any atom is -0.487 e. The average molecular weight is 451 g/mol. The van der Waals surface area contributed by atoms with Gasteiger partial charge < -0.3 is 14.8 Å². The normalized spacial score (nSPS) is 10.8. The summed E-state index contributed by atoms with van der Waals surface area (Å²) in [4.78, 5) is 29.2. The van der Waals surface area contributed by atoms with Crippen LogP contribution in [-0.2, 0) is 11.4 Å². The third-order valence-corrected chi connectivity index (χ3v) is 5.60. The summed E-state index contributed by atoms with van der Waals surface area (Å²) in [5.74, 6) is 0.999. The van der Waals surface area contributed by atoms with Gasteiger partial charge in [0.2, 0.25) is 4.96 Å². The fourth-order valence-electron chi connectivity index (χ4n) is 2.97. The maximum absolute atomic E-state index is 12.2. The Morgan fingerprint density at radius 3 is 2.50 bits per heavy atom. The van der Waals surface area contributed by atoms with Gasteiger partial charge in [0.05, 0.1) is 5.69 Å². The molecule has 1 amide bonds. The first-order chi connectivity index (χ1) is 15.4. The van der Waals surface area contributed by atoms with Crippen LogP contribution in [0.15, 0.2) is 53.3 Å². The number of aromatic nitrogens is 3. The Hall–Kier alpha value is -3.72. The van der Waals surface area contributed by atoms with Crippen molar-refractivity contribution in [2.24, 2.45) is 0 Å². The van der Waals surface area contributed by atoms with Gasteiger partial charge in [-0.05, 0) is 68.3 Å². The van der Waals surface area contributed by atoms with Gasteiger partial charge >= 0.3 is 0 Å². The van der Waals surface area contributed by atoms with Crippen molar-refractivity contribution in [1.82, 2.24) is 14.6 Å². The molecule has 0 bridgehead atoms. The molecule has 1 N–H and O–H groups in total. The van der Waals surface area contributed by atoms with Crippen LogP contribution >= 0.6 is 11.3 Å². The Kier molecular flexibility index (Phi) is 6.18. The molecule has 4 rings (SSSR count). The molecule has 0 radical (unpaired) electrons. The summed E-state index contributed by atoms with van der Waals surface area (Å²) in [6, 6.07) is 14.1. The van der Waals surface area contributed by atoms with Gasteiger partial charge in [0.1, 0.15) is 23.1 Å². The molecule has 4 aromatic rings. The molecular formula is C23H22N4O4S. The molecule has 0 saturated heterocycles. The van der Waals surface area contributed by atoms with Gasteiger partial charge in [-0.2, -0.15) is 9.61 Å². The summed E-state index contributed by atoms with van der Waals surface area (Å²) in [6.07, 6.45) is 0. The van der Waals surface area contributed by atoms with Gasteiger partial charge in [-0.3, -0.25) is 9.59 Å². The van der Waals surface area contributed by atoms with Crippen molar-refractivity contribution in [2.75, 3.05) is 11.9 Å². The number of carbonyl (C=O) groups is 1. The standard InChI is InChI=1S/C23H22N4O4S/c1-14-4-7-20(10-15(14)2)31-13-21(28)24-17-5-8-19(9-6-17)30-12-18-11-22(29)27-23(25-18)32-16(3)26-27/h4-11H,12-13H2,1-3H3,(H,24,28). The highest BCUT2D eigenvalue weighted by Crippen LogP contribution is 2.18. The molecule has 0 aliphatic rings. The van der Waals surface area contributed by atoms with Crippen molar-refractivity contribution in [3.8, 4) is 11.5 Å². The van der Waals surface area contributed by atoms with Crippen molar-refractivity contribution in [1.29, 1.82) is 0 Å². The smallest absolute Gasteiger partial charge is 0.275 e. The number of hydrogen-bond donors (Lipinski definition) is 1. The van der Waals surface area contributed by atoms with Gasteiger partial charge in [0.25, 0.3) is 11.5 Å². The Bertz CT molecular complexity index is 1330. The van der Waals surface area contributed by atoms with Crippen LogP contribution in [0.25, 0.3) is 4.96 Å². The molecule has 0 atom stereocenters. The fraction of sp³-hybridized carbons (Fsp3) is 0.217. The molecule has 0 aliphatic carbocycles. The number of nitrogens with zero attached hydrogens (tertiary/aromatic N) is 3. The number of amides is 1. The number of hydrogen-bond acceptors (Lipinski definition) is 7. The first-order valence-electron chi connectivity index (χ1n) is 9.96. The van der Waals surface area contributed by atoms with Crippen molar-refractivity contribution in [3.05, 3.63) is 80.7 Å². The Balaban J connectivity index is 1.30. The first-order valence-corrected chi connectivity index (χ1v) is 10.8. The number of ether oxygens (including phenoxy) is 2. The lowest BCUT2D eigenvalue weighted by molar-refractivity contribution is -0.118. The van der Waals surface area contributed by atoms with Gasteiger partial charge in [-0.1, -0.05) is 17.4 Å². The van der Waals surface area contributed by atoms with Crippen LogP contribution in [-0.4, -0.2) is 27.1 Å². The van der Waals surface area contributed by atoms with Gasteiger partial charge in [0.15, 0.2) is 6.61 Å². The second-order valence-electron chi connectivity index (χ2n) is 7.30. The van der Waals surface area contributed by atoms with Crippen LogP contribution in [0.5, 0.6) is 11.5 Å².